The van der Waals surface area contributed by atoms with Gasteiger partial charge in [0.2, 0.25) is 0 Å². The Kier molecular flexibility index (Phi) is 2.94. The van der Waals surface area contributed by atoms with Crippen LogP contribution in [-0.2, 0) is 9.84 Å². The van der Waals surface area contributed by atoms with Crippen molar-refractivity contribution >= 4 is 15.6 Å². The second-order valence-electron chi connectivity index (χ2n) is 4.21. The predicted molar refractivity (Wildman–Crippen MR) is 62.0 cm³/mol. The second-order valence-corrected chi connectivity index (χ2v) is 6.44. The van der Waals surface area contributed by atoms with Crippen LogP contribution in [0, 0.1) is 0 Å². The quantitative estimate of drug-likeness (QED) is 0.780. The van der Waals surface area contributed by atoms with Crippen molar-refractivity contribution in [2.75, 3.05) is 11.5 Å². The standard InChI is InChI=1S/C10H14N2O4S/c1-2-9(13)8-5-10(14)12(11-8)7-3-4-17(15,16)6-7/h5,7,11H,2-4,6H2,1H3. The highest BCUT2D eigenvalue weighted by atomic mass is 32.2. The van der Waals surface area contributed by atoms with Gasteiger partial charge in [-0.05, 0) is 6.42 Å². The molecule has 0 bridgehead atoms. The fourth-order valence-electron chi connectivity index (χ4n) is 1.99. The van der Waals surface area contributed by atoms with E-state index in [2.05, 4.69) is 5.10 Å². The largest absolute Gasteiger partial charge is 0.292 e. The van der Waals surface area contributed by atoms with Crippen LogP contribution in [0.2, 0.25) is 0 Å². The molecule has 0 saturated carbocycles. The van der Waals surface area contributed by atoms with Crippen molar-refractivity contribution in [3.8, 4) is 0 Å². The minimum Gasteiger partial charge on any atom is -0.292 e. The lowest BCUT2D eigenvalue weighted by Gasteiger charge is -2.07. The molecule has 1 aliphatic rings. The number of carbonyl (C=O) groups is 1. The number of hydrogen-bond acceptors (Lipinski definition) is 4. The molecule has 1 aromatic heterocycles. The summed E-state index contributed by atoms with van der Waals surface area (Å²) < 4.78 is 23.9. The first kappa shape index (κ1) is 12.1. The van der Waals surface area contributed by atoms with E-state index < -0.39 is 9.84 Å². The Morgan fingerprint density at radius 2 is 2.29 bits per heavy atom. The van der Waals surface area contributed by atoms with Gasteiger partial charge in [-0.25, -0.2) is 13.1 Å². The van der Waals surface area contributed by atoms with Gasteiger partial charge < -0.3 is 0 Å². The number of aromatic nitrogens is 2. The molecule has 2 heterocycles. The first-order valence-corrected chi connectivity index (χ1v) is 7.30. The number of rotatable bonds is 3. The van der Waals surface area contributed by atoms with Gasteiger partial charge in [0.1, 0.15) is 5.69 Å². The number of hydrogen-bond donors (Lipinski definition) is 1. The second kappa shape index (κ2) is 4.14. The van der Waals surface area contributed by atoms with Crippen LogP contribution in [0.3, 0.4) is 0 Å². The Labute approximate surface area is 98.5 Å². The van der Waals surface area contributed by atoms with Crippen LogP contribution in [0.25, 0.3) is 0 Å². The first-order valence-electron chi connectivity index (χ1n) is 5.48. The Hall–Kier alpha value is -1.37. The van der Waals surface area contributed by atoms with Gasteiger partial charge in [-0.3, -0.25) is 14.7 Å². The van der Waals surface area contributed by atoms with Crippen LogP contribution in [0.1, 0.15) is 36.3 Å². The molecule has 1 aliphatic heterocycles. The van der Waals surface area contributed by atoms with Crippen molar-refractivity contribution in [2.45, 2.75) is 25.8 Å². The van der Waals surface area contributed by atoms with Crippen molar-refractivity contribution in [3.63, 3.8) is 0 Å². The van der Waals surface area contributed by atoms with E-state index in [1.165, 1.54) is 10.7 Å². The highest BCUT2D eigenvalue weighted by Crippen LogP contribution is 2.21. The van der Waals surface area contributed by atoms with Gasteiger partial charge in [0, 0.05) is 12.5 Å². The Morgan fingerprint density at radius 1 is 1.59 bits per heavy atom. The lowest BCUT2D eigenvalue weighted by atomic mass is 10.2. The maximum atomic E-state index is 11.6. The van der Waals surface area contributed by atoms with Crippen LogP contribution in [0.15, 0.2) is 10.9 Å². The monoisotopic (exact) mass is 258 g/mol. The van der Waals surface area contributed by atoms with Crippen LogP contribution >= 0.6 is 0 Å². The van der Waals surface area contributed by atoms with Crippen molar-refractivity contribution in [1.82, 2.24) is 9.78 Å². The number of sulfone groups is 1. The molecule has 1 N–H and O–H groups in total. The lowest BCUT2D eigenvalue weighted by molar-refractivity contribution is 0.0982. The zero-order valence-electron chi connectivity index (χ0n) is 9.47. The SMILES string of the molecule is CCC(=O)c1cc(=O)n(C2CCS(=O)(=O)C2)[nH]1. The zero-order chi connectivity index (χ0) is 12.6. The normalized spacial score (nSPS) is 22.8. The molecule has 0 spiro atoms. The van der Waals surface area contributed by atoms with Gasteiger partial charge >= 0.3 is 0 Å². The Balaban J connectivity index is 2.32. The Morgan fingerprint density at radius 3 is 2.82 bits per heavy atom. The van der Waals surface area contributed by atoms with E-state index in [1.54, 1.807) is 6.92 Å². The molecule has 1 saturated heterocycles. The first-order chi connectivity index (χ1) is 7.93. The minimum absolute atomic E-state index is 0.0345. The molecule has 2 rings (SSSR count). The lowest BCUT2D eigenvalue weighted by Crippen LogP contribution is -2.23. The number of H-pyrrole nitrogens is 1. The number of Topliss-reactive ketones (excluding diaryl/α,β-unsaturated/α-hetero) is 1. The molecule has 0 amide bonds. The average molecular weight is 258 g/mol. The topological polar surface area (TPSA) is 89.0 Å². The smallest absolute Gasteiger partial charge is 0.267 e. The highest BCUT2D eigenvalue weighted by molar-refractivity contribution is 7.91. The molecule has 94 valence electrons. The maximum Gasteiger partial charge on any atom is 0.267 e. The van der Waals surface area contributed by atoms with Crippen LogP contribution in [0.4, 0.5) is 0 Å². The maximum absolute atomic E-state index is 11.6. The summed E-state index contributed by atoms with van der Waals surface area (Å²) in [6, 6.07) is 0.863. The zero-order valence-corrected chi connectivity index (χ0v) is 10.3. The molecular formula is C10H14N2O4S. The molecule has 0 radical (unpaired) electrons. The van der Waals surface area contributed by atoms with Gasteiger partial charge in [0.25, 0.3) is 5.56 Å². The highest BCUT2D eigenvalue weighted by Gasteiger charge is 2.30. The molecule has 7 heteroatoms. The van der Waals surface area contributed by atoms with E-state index in [4.69, 9.17) is 0 Å². The molecular weight excluding hydrogens is 244 g/mol. The van der Waals surface area contributed by atoms with Crippen LogP contribution in [-0.4, -0.2) is 35.5 Å². The summed E-state index contributed by atoms with van der Waals surface area (Å²) in [6.07, 6.45) is 0.728. The summed E-state index contributed by atoms with van der Waals surface area (Å²) in [6.45, 7) is 1.71. The summed E-state index contributed by atoms with van der Waals surface area (Å²) in [5.74, 6) is -0.0883. The molecule has 1 fully saturated rings. The average Bonchev–Trinajstić information content (AvgIpc) is 2.80. The van der Waals surface area contributed by atoms with E-state index in [1.807, 2.05) is 0 Å². The van der Waals surface area contributed by atoms with E-state index >= 15 is 0 Å². The summed E-state index contributed by atoms with van der Waals surface area (Å²) in [4.78, 5) is 23.1. The number of ketones is 1. The van der Waals surface area contributed by atoms with Crippen molar-refractivity contribution in [3.05, 3.63) is 22.1 Å². The summed E-state index contributed by atoms with van der Waals surface area (Å²) in [7, 11) is -3.04. The molecule has 0 aromatic carbocycles. The number of nitrogens with zero attached hydrogens (tertiary/aromatic N) is 1. The molecule has 1 aromatic rings. The summed E-state index contributed by atoms with van der Waals surface area (Å²) in [5, 5.41) is 2.70. The minimum atomic E-state index is -3.04. The van der Waals surface area contributed by atoms with E-state index in [0.717, 1.165) is 0 Å². The predicted octanol–water partition coefficient (Wildman–Crippen LogP) is 0.129. The fourth-order valence-corrected chi connectivity index (χ4v) is 3.69. The third-order valence-electron chi connectivity index (χ3n) is 2.94. The van der Waals surface area contributed by atoms with Crippen molar-refractivity contribution < 1.29 is 13.2 Å². The van der Waals surface area contributed by atoms with E-state index in [9.17, 15) is 18.0 Å². The van der Waals surface area contributed by atoms with Crippen molar-refractivity contribution in [2.24, 2.45) is 0 Å². The molecule has 1 unspecified atom stereocenters. The summed E-state index contributed by atoms with van der Waals surface area (Å²) in [5.41, 5.74) is -0.0919. The van der Waals surface area contributed by atoms with E-state index in [0.29, 0.717) is 12.8 Å². The van der Waals surface area contributed by atoms with E-state index in [-0.39, 0.29) is 34.6 Å². The third kappa shape index (κ3) is 2.33. The van der Waals surface area contributed by atoms with Crippen LogP contribution < -0.4 is 5.56 Å². The third-order valence-corrected chi connectivity index (χ3v) is 4.69. The van der Waals surface area contributed by atoms with Gasteiger partial charge in [0.15, 0.2) is 15.6 Å². The van der Waals surface area contributed by atoms with Gasteiger partial charge in [0.05, 0.1) is 17.5 Å². The van der Waals surface area contributed by atoms with Crippen LogP contribution in [0.5, 0.6) is 0 Å². The van der Waals surface area contributed by atoms with Gasteiger partial charge in [-0.15, -0.1) is 0 Å². The Bertz CT molecular complexity index is 596. The van der Waals surface area contributed by atoms with Crippen molar-refractivity contribution in [1.29, 1.82) is 0 Å². The number of aromatic amines is 1. The molecule has 1 atom stereocenters. The fraction of sp³-hybridized carbons (Fsp3) is 0.600. The number of carbonyl (C=O) groups excluding carboxylic acids is 1. The molecule has 0 aliphatic carbocycles. The molecule has 6 nitrogen and oxygen atoms in total. The van der Waals surface area contributed by atoms with Gasteiger partial charge in [-0.2, -0.15) is 0 Å². The molecule has 17 heavy (non-hydrogen) atoms. The number of nitrogens with one attached hydrogen (secondary N) is 1. The van der Waals surface area contributed by atoms with Gasteiger partial charge in [-0.1, -0.05) is 6.92 Å². The summed E-state index contributed by atoms with van der Waals surface area (Å²) >= 11 is 0.